The maximum absolute atomic E-state index is 12.5. The first-order chi connectivity index (χ1) is 13.4. The Morgan fingerprint density at radius 3 is 2.57 bits per heavy atom. The van der Waals surface area contributed by atoms with Crippen LogP contribution in [0, 0.1) is 6.92 Å². The molecule has 0 saturated carbocycles. The van der Waals surface area contributed by atoms with E-state index in [2.05, 4.69) is 25.9 Å². The van der Waals surface area contributed by atoms with E-state index in [1.807, 2.05) is 19.1 Å². The number of aryl methyl sites for hydroxylation is 1. The lowest BCUT2D eigenvalue weighted by atomic mass is 10.1. The van der Waals surface area contributed by atoms with E-state index in [-0.39, 0.29) is 24.1 Å². The summed E-state index contributed by atoms with van der Waals surface area (Å²) < 4.78 is 1.49. The molecular weight excluding hydrogens is 400 g/mol. The van der Waals surface area contributed by atoms with Crippen LogP contribution in [0.1, 0.15) is 15.4 Å². The number of benzene rings is 1. The van der Waals surface area contributed by atoms with Gasteiger partial charge < -0.3 is 20.5 Å². The molecule has 0 aliphatic carbocycles. The number of halogens is 1. The maximum atomic E-state index is 12.5. The highest BCUT2D eigenvalue weighted by Gasteiger charge is 2.19. The van der Waals surface area contributed by atoms with Crippen LogP contribution in [0.2, 0.25) is 5.02 Å². The minimum atomic E-state index is -0.329. The Bertz CT molecular complexity index is 1010. The first-order valence-electron chi connectivity index (χ1n) is 8.41. The molecule has 2 heterocycles. The number of carbonyl (C=O) groups excluding carboxylic acids is 2. The zero-order chi connectivity index (χ0) is 20.3. The van der Waals surface area contributed by atoms with Crippen LogP contribution in [-0.4, -0.2) is 40.4 Å². The summed E-state index contributed by atoms with van der Waals surface area (Å²) in [5.41, 5.74) is 2.01. The predicted octanol–water partition coefficient (Wildman–Crippen LogP) is 3.01. The number of rotatable bonds is 6. The molecule has 2 amide bonds. The average Bonchev–Trinajstić information content (AvgIpc) is 3.24. The Balaban J connectivity index is 1.76. The van der Waals surface area contributed by atoms with E-state index < -0.39 is 0 Å². The number of anilines is 2. The molecule has 8 nitrogen and oxygen atoms in total. The molecule has 0 spiro atoms. The summed E-state index contributed by atoms with van der Waals surface area (Å²) in [4.78, 5) is 34.2. The van der Waals surface area contributed by atoms with Gasteiger partial charge in [-0.2, -0.15) is 0 Å². The summed E-state index contributed by atoms with van der Waals surface area (Å²) in [5.74, 6) is -0.228. The number of carbonyl (C=O) groups is 2. The van der Waals surface area contributed by atoms with Crippen molar-refractivity contribution in [3.63, 3.8) is 0 Å². The van der Waals surface area contributed by atoms with E-state index in [1.165, 1.54) is 29.3 Å². The van der Waals surface area contributed by atoms with Crippen molar-refractivity contribution < 1.29 is 9.59 Å². The van der Waals surface area contributed by atoms with Crippen LogP contribution in [0.5, 0.6) is 0 Å². The highest BCUT2D eigenvalue weighted by molar-refractivity contribution is 7.16. The second-order valence-corrected chi connectivity index (χ2v) is 7.52. The molecule has 0 aliphatic rings. The van der Waals surface area contributed by atoms with Crippen molar-refractivity contribution in [1.29, 1.82) is 0 Å². The minimum Gasteiger partial charge on any atom is -0.371 e. The summed E-state index contributed by atoms with van der Waals surface area (Å²) in [6, 6.07) is 7.37. The molecule has 146 valence electrons. The molecule has 28 heavy (non-hydrogen) atoms. The van der Waals surface area contributed by atoms with Gasteiger partial charge in [-0.25, -0.2) is 9.97 Å². The summed E-state index contributed by atoms with van der Waals surface area (Å²) in [7, 11) is 3.19. The Hall–Kier alpha value is -2.91. The third-order valence-corrected chi connectivity index (χ3v) is 5.13. The smallest absolute Gasteiger partial charge is 0.271 e. The number of thiazole rings is 1. The average molecular weight is 419 g/mol. The van der Waals surface area contributed by atoms with Gasteiger partial charge >= 0.3 is 0 Å². The van der Waals surface area contributed by atoms with E-state index in [0.29, 0.717) is 16.0 Å². The summed E-state index contributed by atoms with van der Waals surface area (Å²) in [5, 5.41) is 9.32. The Labute approximate surface area is 171 Å². The van der Waals surface area contributed by atoms with Gasteiger partial charge in [-0.3, -0.25) is 9.59 Å². The van der Waals surface area contributed by atoms with Gasteiger partial charge in [0.25, 0.3) is 5.91 Å². The van der Waals surface area contributed by atoms with Gasteiger partial charge in [-0.15, -0.1) is 11.3 Å². The molecule has 10 heteroatoms. The molecule has 2 aromatic heterocycles. The molecule has 0 fully saturated rings. The predicted molar refractivity (Wildman–Crippen MR) is 111 cm³/mol. The number of aromatic nitrogens is 3. The molecule has 0 atom stereocenters. The van der Waals surface area contributed by atoms with Crippen molar-refractivity contribution in [2.75, 3.05) is 24.7 Å². The van der Waals surface area contributed by atoms with Crippen LogP contribution >= 0.6 is 22.9 Å². The molecule has 0 saturated heterocycles. The molecule has 0 bridgehead atoms. The van der Waals surface area contributed by atoms with Crippen LogP contribution in [0.3, 0.4) is 0 Å². The maximum Gasteiger partial charge on any atom is 0.271 e. The fourth-order valence-corrected chi connectivity index (χ4v) is 3.66. The van der Waals surface area contributed by atoms with Crippen LogP contribution in [-0.2, 0) is 11.3 Å². The standard InChI is InChI=1S/C18H19ClN6O2S/c1-10-14(11-4-6-12(19)7-5-11)24-18(28-10)23-13(26)8-25-9-22-16(20-2)15(25)17(27)21-3/h4-7,9,20H,8H2,1-3H3,(H,21,27)(H,23,24,26). The molecular formula is C18H19ClN6O2S. The first kappa shape index (κ1) is 19.8. The quantitative estimate of drug-likeness (QED) is 0.571. The molecule has 3 rings (SSSR count). The fraction of sp³-hybridized carbons (Fsp3) is 0.222. The zero-order valence-corrected chi connectivity index (χ0v) is 17.1. The highest BCUT2D eigenvalue weighted by Crippen LogP contribution is 2.31. The lowest BCUT2D eigenvalue weighted by Crippen LogP contribution is -2.26. The summed E-state index contributed by atoms with van der Waals surface area (Å²) >= 11 is 7.32. The van der Waals surface area contributed by atoms with E-state index in [1.54, 1.807) is 19.2 Å². The Morgan fingerprint density at radius 1 is 1.21 bits per heavy atom. The highest BCUT2D eigenvalue weighted by atomic mass is 35.5. The van der Waals surface area contributed by atoms with Crippen molar-refractivity contribution in [2.45, 2.75) is 13.5 Å². The lowest BCUT2D eigenvalue weighted by molar-refractivity contribution is -0.116. The first-order valence-corrected chi connectivity index (χ1v) is 9.60. The van der Waals surface area contributed by atoms with Gasteiger partial charge in [0.1, 0.15) is 6.54 Å². The third-order valence-electron chi connectivity index (χ3n) is 3.99. The zero-order valence-electron chi connectivity index (χ0n) is 15.5. The van der Waals surface area contributed by atoms with Crippen LogP contribution in [0.25, 0.3) is 11.3 Å². The second kappa shape index (κ2) is 8.41. The summed E-state index contributed by atoms with van der Waals surface area (Å²) in [6.45, 7) is 1.88. The van der Waals surface area contributed by atoms with Crippen molar-refractivity contribution >= 4 is 45.7 Å². The largest absolute Gasteiger partial charge is 0.371 e. The molecule has 0 aliphatic heterocycles. The fourth-order valence-electron chi connectivity index (χ4n) is 2.68. The van der Waals surface area contributed by atoms with E-state index >= 15 is 0 Å². The number of hydrogen-bond acceptors (Lipinski definition) is 6. The van der Waals surface area contributed by atoms with Gasteiger partial charge in [0.15, 0.2) is 16.6 Å². The van der Waals surface area contributed by atoms with Crippen molar-refractivity contribution in [3.05, 3.63) is 46.2 Å². The SMILES string of the molecule is CNC(=O)c1c(NC)ncn1CC(=O)Nc1nc(-c2ccc(Cl)cc2)c(C)s1. The van der Waals surface area contributed by atoms with E-state index in [4.69, 9.17) is 11.6 Å². The van der Waals surface area contributed by atoms with Crippen molar-refractivity contribution in [1.82, 2.24) is 19.9 Å². The topological polar surface area (TPSA) is 101 Å². The van der Waals surface area contributed by atoms with Crippen molar-refractivity contribution in [2.24, 2.45) is 0 Å². The Kier molecular flexibility index (Phi) is 5.96. The van der Waals surface area contributed by atoms with Crippen LogP contribution < -0.4 is 16.0 Å². The second-order valence-electron chi connectivity index (χ2n) is 5.88. The lowest BCUT2D eigenvalue weighted by Gasteiger charge is -2.08. The van der Waals surface area contributed by atoms with Gasteiger partial charge in [0, 0.05) is 29.6 Å². The van der Waals surface area contributed by atoms with E-state index in [0.717, 1.165) is 16.1 Å². The van der Waals surface area contributed by atoms with Gasteiger partial charge in [-0.05, 0) is 19.1 Å². The van der Waals surface area contributed by atoms with Gasteiger partial charge in [0.05, 0.1) is 12.0 Å². The monoisotopic (exact) mass is 418 g/mol. The molecule has 0 unspecified atom stereocenters. The van der Waals surface area contributed by atoms with E-state index in [9.17, 15) is 9.59 Å². The number of amides is 2. The third kappa shape index (κ3) is 4.15. The number of nitrogens with zero attached hydrogens (tertiary/aromatic N) is 3. The summed E-state index contributed by atoms with van der Waals surface area (Å²) in [6.07, 6.45) is 1.45. The number of imidazole rings is 1. The molecule has 3 N–H and O–H groups in total. The van der Waals surface area contributed by atoms with Gasteiger partial charge in [-0.1, -0.05) is 23.7 Å². The van der Waals surface area contributed by atoms with Crippen LogP contribution in [0.15, 0.2) is 30.6 Å². The molecule has 0 radical (unpaired) electrons. The minimum absolute atomic E-state index is 0.0632. The number of nitrogens with one attached hydrogen (secondary N) is 3. The number of hydrogen-bond donors (Lipinski definition) is 3. The Morgan fingerprint density at radius 2 is 1.93 bits per heavy atom. The van der Waals surface area contributed by atoms with Crippen LogP contribution in [0.4, 0.5) is 10.9 Å². The molecule has 3 aromatic rings. The van der Waals surface area contributed by atoms with Gasteiger partial charge in [0.2, 0.25) is 5.91 Å². The molecule has 1 aromatic carbocycles. The van der Waals surface area contributed by atoms with Crippen molar-refractivity contribution in [3.8, 4) is 11.3 Å². The normalized spacial score (nSPS) is 10.6.